The first-order chi connectivity index (χ1) is 10.9. The molecule has 0 saturated carbocycles. The summed E-state index contributed by atoms with van der Waals surface area (Å²) in [6.45, 7) is 0.993. The summed E-state index contributed by atoms with van der Waals surface area (Å²) in [6.07, 6.45) is -0.469. The molecule has 2 N–H and O–H groups in total. The van der Waals surface area contributed by atoms with E-state index in [2.05, 4.69) is 10.3 Å². The standard InChI is InChI=1S/C16H15F3N2O2/c1-9(23)21-16(14-5-2-10(8-22)7-20-14)15(19)11-3-4-12(17)13(18)6-11/h2-7,15-16,22H,8H2,1H3,(H,21,23). The summed E-state index contributed by atoms with van der Waals surface area (Å²) in [5.41, 5.74) is 0.615. The van der Waals surface area contributed by atoms with Crippen molar-refractivity contribution in [2.45, 2.75) is 25.7 Å². The van der Waals surface area contributed by atoms with Crippen LogP contribution >= 0.6 is 0 Å². The molecule has 2 atom stereocenters. The minimum absolute atomic E-state index is 0.115. The number of hydrogen-bond acceptors (Lipinski definition) is 3. The smallest absolute Gasteiger partial charge is 0.217 e. The number of aliphatic hydroxyl groups excluding tert-OH is 1. The molecule has 0 radical (unpaired) electrons. The monoisotopic (exact) mass is 324 g/mol. The van der Waals surface area contributed by atoms with Gasteiger partial charge >= 0.3 is 0 Å². The maximum atomic E-state index is 14.7. The second-order valence-electron chi connectivity index (χ2n) is 5.00. The van der Waals surface area contributed by atoms with Crippen LogP contribution in [0, 0.1) is 11.6 Å². The molecule has 4 nitrogen and oxygen atoms in total. The van der Waals surface area contributed by atoms with Gasteiger partial charge in [-0.1, -0.05) is 12.1 Å². The van der Waals surface area contributed by atoms with E-state index in [0.717, 1.165) is 18.2 Å². The Labute approximate surface area is 131 Å². The number of carbonyl (C=O) groups is 1. The number of nitrogens with one attached hydrogen (secondary N) is 1. The maximum absolute atomic E-state index is 14.7. The molecule has 7 heteroatoms. The number of halogens is 3. The molecule has 2 unspecified atom stereocenters. The third-order valence-corrected chi connectivity index (χ3v) is 3.26. The van der Waals surface area contributed by atoms with Crippen LogP contribution in [0.3, 0.4) is 0 Å². The van der Waals surface area contributed by atoms with Crippen molar-refractivity contribution in [1.29, 1.82) is 0 Å². The summed E-state index contributed by atoms with van der Waals surface area (Å²) in [7, 11) is 0. The fourth-order valence-corrected chi connectivity index (χ4v) is 2.11. The van der Waals surface area contributed by atoms with E-state index in [4.69, 9.17) is 5.11 Å². The largest absolute Gasteiger partial charge is 0.392 e. The summed E-state index contributed by atoms with van der Waals surface area (Å²) in [5, 5.41) is 11.4. The van der Waals surface area contributed by atoms with Gasteiger partial charge in [0.2, 0.25) is 5.91 Å². The Balaban J connectivity index is 2.35. The van der Waals surface area contributed by atoms with E-state index in [9.17, 15) is 18.0 Å². The van der Waals surface area contributed by atoms with E-state index in [0.29, 0.717) is 5.56 Å². The third kappa shape index (κ3) is 4.07. The van der Waals surface area contributed by atoms with Crippen molar-refractivity contribution < 1.29 is 23.1 Å². The van der Waals surface area contributed by atoms with E-state index in [1.165, 1.54) is 25.3 Å². The number of amides is 1. The second-order valence-corrected chi connectivity index (χ2v) is 5.00. The lowest BCUT2D eigenvalue weighted by molar-refractivity contribution is -0.120. The molecule has 2 rings (SSSR count). The molecular weight excluding hydrogens is 309 g/mol. The predicted molar refractivity (Wildman–Crippen MR) is 76.9 cm³/mol. The molecule has 2 aromatic rings. The van der Waals surface area contributed by atoms with E-state index < -0.39 is 29.8 Å². The minimum atomic E-state index is -1.82. The van der Waals surface area contributed by atoms with Crippen LogP contribution in [0.15, 0.2) is 36.5 Å². The number of carbonyl (C=O) groups excluding carboxylic acids is 1. The van der Waals surface area contributed by atoms with Crippen LogP contribution in [0.4, 0.5) is 13.2 Å². The normalized spacial score (nSPS) is 13.4. The van der Waals surface area contributed by atoms with Crippen molar-refractivity contribution in [2.24, 2.45) is 0 Å². The molecule has 0 saturated heterocycles. The molecule has 0 spiro atoms. The Morgan fingerprint density at radius 2 is 2.00 bits per heavy atom. The molecule has 0 aliphatic rings. The molecular formula is C16H15F3N2O2. The Kier molecular flexibility index (Phi) is 5.33. The first kappa shape index (κ1) is 17.0. The number of hydrogen-bond donors (Lipinski definition) is 2. The zero-order chi connectivity index (χ0) is 17.0. The van der Waals surface area contributed by atoms with Crippen molar-refractivity contribution in [3.63, 3.8) is 0 Å². The van der Waals surface area contributed by atoms with Crippen LogP contribution in [0.2, 0.25) is 0 Å². The van der Waals surface area contributed by atoms with Crippen LogP contribution in [-0.4, -0.2) is 16.0 Å². The van der Waals surface area contributed by atoms with Crippen molar-refractivity contribution in [2.75, 3.05) is 0 Å². The summed E-state index contributed by atoms with van der Waals surface area (Å²) in [5.74, 6) is -2.74. The molecule has 122 valence electrons. The van der Waals surface area contributed by atoms with E-state index in [1.54, 1.807) is 0 Å². The van der Waals surface area contributed by atoms with Gasteiger partial charge in [0, 0.05) is 13.1 Å². The summed E-state index contributed by atoms with van der Waals surface area (Å²) < 4.78 is 41.0. The number of alkyl halides is 1. The van der Waals surface area contributed by atoms with Gasteiger partial charge < -0.3 is 10.4 Å². The van der Waals surface area contributed by atoms with Crippen molar-refractivity contribution in [3.05, 3.63) is 65.0 Å². The van der Waals surface area contributed by atoms with Gasteiger partial charge in [-0.2, -0.15) is 0 Å². The van der Waals surface area contributed by atoms with Gasteiger partial charge in [0.15, 0.2) is 17.8 Å². The van der Waals surface area contributed by atoms with Gasteiger partial charge in [-0.3, -0.25) is 9.78 Å². The Bertz CT molecular complexity index is 692. The number of pyridine rings is 1. The van der Waals surface area contributed by atoms with Crippen LogP contribution in [-0.2, 0) is 11.4 Å². The first-order valence-corrected chi connectivity index (χ1v) is 6.84. The molecule has 0 bridgehead atoms. The number of nitrogens with zero attached hydrogens (tertiary/aromatic N) is 1. The Hall–Kier alpha value is -2.41. The van der Waals surface area contributed by atoms with Gasteiger partial charge in [0.25, 0.3) is 0 Å². The predicted octanol–water partition coefficient (Wildman–Crippen LogP) is 2.74. The fraction of sp³-hybridized carbons (Fsp3) is 0.250. The number of rotatable bonds is 5. The molecule has 0 aliphatic heterocycles. The molecule has 1 aromatic heterocycles. The molecule has 1 amide bonds. The van der Waals surface area contributed by atoms with E-state index in [1.807, 2.05) is 0 Å². The second kappa shape index (κ2) is 7.23. The molecule has 1 aromatic carbocycles. The third-order valence-electron chi connectivity index (χ3n) is 3.26. The molecule has 23 heavy (non-hydrogen) atoms. The van der Waals surface area contributed by atoms with Crippen LogP contribution < -0.4 is 5.32 Å². The topological polar surface area (TPSA) is 62.2 Å². The van der Waals surface area contributed by atoms with Crippen molar-refractivity contribution in [1.82, 2.24) is 10.3 Å². The highest BCUT2D eigenvalue weighted by atomic mass is 19.2. The first-order valence-electron chi connectivity index (χ1n) is 6.84. The van der Waals surface area contributed by atoms with Crippen molar-refractivity contribution in [3.8, 4) is 0 Å². The van der Waals surface area contributed by atoms with E-state index >= 15 is 0 Å². The van der Waals surface area contributed by atoms with Gasteiger partial charge in [0.1, 0.15) is 6.04 Å². The highest BCUT2D eigenvalue weighted by Crippen LogP contribution is 2.32. The van der Waals surface area contributed by atoms with Gasteiger partial charge in [-0.05, 0) is 29.3 Å². The molecule has 0 aliphatic carbocycles. The molecule has 0 fully saturated rings. The molecule has 1 heterocycles. The van der Waals surface area contributed by atoms with Crippen molar-refractivity contribution >= 4 is 5.91 Å². The lowest BCUT2D eigenvalue weighted by atomic mass is 9.99. The zero-order valence-electron chi connectivity index (χ0n) is 12.3. The zero-order valence-corrected chi connectivity index (χ0v) is 12.3. The lowest BCUT2D eigenvalue weighted by Gasteiger charge is -2.22. The fourth-order valence-electron chi connectivity index (χ4n) is 2.11. The van der Waals surface area contributed by atoms with Gasteiger partial charge in [-0.25, -0.2) is 13.2 Å². The van der Waals surface area contributed by atoms with Crippen LogP contribution in [0.5, 0.6) is 0 Å². The maximum Gasteiger partial charge on any atom is 0.217 e. The highest BCUT2D eigenvalue weighted by Gasteiger charge is 2.27. The Morgan fingerprint density at radius 3 is 2.52 bits per heavy atom. The SMILES string of the molecule is CC(=O)NC(c1ccc(CO)cn1)C(F)c1ccc(F)c(F)c1. The minimum Gasteiger partial charge on any atom is -0.392 e. The van der Waals surface area contributed by atoms with Gasteiger partial charge in [0.05, 0.1) is 12.3 Å². The Morgan fingerprint density at radius 1 is 1.26 bits per heavy atom. The van der Waals surface area contributed by atoms with E-state index in [-0.39, 0.29) is 17.9 Å². The highest BCUT2D eigenvalue weighted by molar-refractivity contribution is 5.73. The summed E-state index contributed by atoms with van der Waals surface area (Å²) in [4.78, 5) is 15.3. The van der Waals surface area contributed by atoms with Gasteiger partial charge in [-0.15, -0.1) is 0 Å². The summed E-state index contributed by atoms with van der Waals surface area (Å²) in [6, 6.07) is 4.51. The average Bonchev–Trinajstić information content (AvgIpc) is 2.54. The summed E-state index contributed by atoms with van der Waals surface area (Å²) >= 11 is 0. The van der Waals surface area contributed by atoms with Crippen LogP contribution in [0.25, 0.3) is 0 Å². The number of aliphatic hydroxyl groups is 1. The number of aromatic nitrogens is 1. The lowest BCUT2D eigenvalue weighted by Crippen LogP contribution is -2.30. The average molecular weight is 324 g/mol. The van der Waals surface area contributed by atoms with Crippen LogP contribution in [0.1, 0.15) is 36.0 Å². The quantitative estimate of drug-likeness (QED) is 0.889. The number of benzene rings is 1.